The molecule has 7 heteroatoms. The third-order valence-corrected chi connectivity index (χ3v) is 5.19. The molecule has 1 aromatic carbocycles. The number of sulfonamides is 1. The second-order valence-corrected chi connectivity index (χ2v) is 7.16. The maximum atomic E-state index is 13.7. The van der Waals surface area contributed by atoms with Crippen molar-refractivity contribution >= 4 is 27.2 Å². The van der Waals surface area contributed by atoms with Gasteiger partial charge in [0.1, 0.15) is 10.8 Å². The fourth-order valence-corrected chi connectivity index (χ4v) is 3.62. The Morgan fingerprint density at radius 2 is 2.16 bits per heavy atom. The Labute approximate surface area is 117 Å². The highest BCUT2D eigenvalue weighted by molar-refractivity contribution is 7.89. The van der Waals surface area contributed by atoms with Crippen LogP contribution in [0.15, 0.2) is 23.1 Å². The fraction of sp³-hybridized carbons (Fsp3) is 0.417. The van der Waals surface area contributed by atoms with E-state index in [-0.39, 0.29) is 15.4 Å². The SMILES string of the molecule is CN(CC1CC1)S(=O)(=O)c1cccc(F)c1C(N)=S. The van der Waals surface area contributed by atoms with Crippen molar-refractivity contribution in [3.8, 4) is 0 Å². The zero-order valence-corrected chi connectivity index (χ0v) is 12.1. The summed E-state index contributed by atoms with van der Waals surface area (Å²) in [6.07, 6.45) is 2.07. The minimum Gasteiger partial charge on any atom is -0.389 e. The van der Waals surface area contributed by atoms with Crippen molar-refractivity contribution in [3.05, 3.63) is 29.6 Å². The van der Waals surface area contributed by atoms with Crippen LogP contribution in [-0.2, 0) is 10.0 Å². The molecule has 19 heavy (non-hydrogen) atoms. The largest absolute Gasteiger partial charge is 0.389 e. The van der Waals surface area contributed by atoms with E-state index >= 15 is 0 Å². The zero-order valence-electron chi connectivity index (χ0n) is 10.5. The smallest absolute Gasteiger partial charge is 0.243 e. The van der Waals surface area contributed by atoms with E-state index in [2.05, 4.69) is 0 Å². The van der Waals surface area contributed by atoms with Crippen molar-refractivity contribution in [2.24, 2.45) is 11.7 Å². The molecule has 1 aromatic rings. The molecule has 0 aliphatic heterocycles. The second-order valence-electron chi connectivity index (χ2n) is 4.71. The molecule has 4 nitrogen and oxygen atoms in total. The van der Waals surface area contributed by atoms with Crippen LogP contribution in [0.2, 0.25) is 0 Å². The van der Waals surface area contributed by atoms with Gasteiger partial charge in [-0.2, -0.15) is 0 Å². The molecular formula is C12H15FN2O2S2. The molecule has 0 unspecified atom stereocenters. The molecule has 0 saturated heterocycles. The Bertz CT molecular complexity index is 612. The van der Waals surface area contributed by atoms with E-state index in [0.29, 0.717) is 12.5 Å². The van der Waals surface area contributed by atoms with Crippen LogP contribution in [0.3, 0.4) is 0 Å². The van der Waals surface area contributed by atoms with Gasteiger partial charge in [-0.15, -0.1) is 0 Å². The van der Waals surface area contributed by atoms with E-state index < -0.39 is 15.8 Å². The number of halogens is 1. The van der Waals surface area contributed by atoms with Crippen LogP contribution in [0, 0.1) is 11.7 Å². The van der Waals surface area contributed by atoms with Crippen molar-refractivity contribution in [2.75, 3.05) is 13.6 Å². The van der Waals surface area contributed by atoms with Gasteiger partial charge in [-0.3, -0.25) is 0 Å². The van der Waals surface area contributed by atoms with Gasteiger partial charge in [0, 0.05) is 13.6 Å². The summed E-state index contributed by atoms with van der Waals surface area (Å²) in [5, 5.41) is 0. The lowest BCUT2D eigenvalue weighted by molar-refractivity contribution is 0.452. The number of nitrogens with two attached hydrogens (primary N) is 1. The van der Waals surface area contributed by atoms with Gasteiger partial charge in [0.25, 0.3) is 0 Å². The monoisotopic (exact) mass is 302 g/mol. The number of benzene rings is 1. The minimum absolute atomic E-state index is 0.164. The predicted octanol–water partition coefficient (Wildman–Crippen LogP) is 1.49. The number of thiocarbonyl (C=S) groups is 1. The molecule has 1 aliphatic carbocycles. The standard InChI is InChI=1S/C12H15FN2O2S2/c1-15(7-8-5-6-8)19(16,17)10-4-2-3-9(13)11(10)12(14)18/h2-4,8H,5-7H2,1H3,(H2,14,18). The zero-order chi connectivity index (χ0) is 14.2. The fourth-order valence-electron chi connectivity index (χ4n) is 1.89. The Kier molecular flexibility index (Phi) is 3.89. The maximum absolute atomic E-state index is 13.7. The molecule has 0 amide bonds. The van der Waals surface area contributed by atoms with Crippen molar-refractivity contribution < 1.29 is 12.8 Å². The van der Waals surface area contributed by atoms with Crippen LogP contribution in [-0.4, -0.2) is 31.3 Å². The Morgan fingerprint density at radius 3 is 2.68 bits per heavy atom. The molecular weight excluding hydrogens is 287 g/mol. The average Bonchev–Trinajstić information content (AvgIpc) is 3.11. The second kappa shape index (κ2) is 5.15. The highest BCUT2D eigenvalue weighted by Crippen LogP contribution is 2.31. The van der Waals surface area contributed by atoms with Gasteiger partial charge in [0.2, 0.25) is 10.0 Å². The van der Waals surface area contributed by atoms with Crippen LogP contribution in [0.5, 0.6) is 0 Å². The van der Waals surface area contributed by atoms with E-state index in [1.807, 2.05) is 0 Å². The normalized spacial score (nSPS) is 15.7. The topological polar surface area (TPSA) is 63.4 Å². The molecule has 0 heterocycles. The maximum Gasteiger partial charge on any atom is 0.243 e. The number of hydrogen-bond acceptors (Lipinski definition) is 3. The molecule has 1 saturated carbocycles. The highest BCUT2D eigenvalue weighted by atomic mass is 32.2. The molecule has 0 radical (unpaired) electrons. The Morgan fingerprint density at radius 1 is 1.53 bits per heavy atom. The molecule has 0 bridgehead atoms. The number of hydrogen-bond donors (Lipinski definition) is 1. The van der Waals surface area contributed by atoms with E-state index in [4.69, 9.17) is 18.0 Å². The first-order chi connectivity index (χ1) is 8.84. The van der Waals surface area contributed by atoms with Gasteiger partial charge in [0.05, 0.1) is 10.5 Å². The molecule has 0 aromatic heterocycles. The molecule has 2 rings (SSSR count). The van der Waals surface area contributed by atoms with Crippen LogP contribution < -0.4 is 5.73 Å². The van der Waals surface area contributed by atoms with Gasteiger partial charge in [-0.25, -0.2) is 17.1 Å². The molecule has 104 valence electrons. The highest BCUT2D eigenvalue weighted by Gasteiger charge is 2.31. The Hall–Kier alpha value is -1.05. The summed E-state index contributed by atoms with van der Waals surface area (Å²) >= 11 is 4.75. The molecule has 2 N–H and O–H groups in total. The van der Waals surface area contributed by atoms with E-state index in [0.717, 1.165) is 18.9 Å². The minimum atomic E-state index is -3.77. The first kappa shape index (κ1) is 14.4. The van der Waals surface area contributed by atoms with Gasteiger partial charge >= 0.3 is 0 Å². The first-order valence-corrected chi connectivity index (χ1v) is 7.73. The number of rotatable bonds is 5. The summed E-state index contributed by atoms with van der Waals surface area (Å²) in [7, 11) is -2.28. The summed E-state index contributed by atoms with van der Waals surface area (Å²) in [4.78, 5) is -0.417. The molecule has 0 atom stereocenters. The summed E-state index contributed by atoms with van der Waals surface area (Å²) in [5.41, 5.74) is 5.23. The van der Waals surface area contributed by atoms with Gasteiger partial charge < -0.3 is 5.73 Å². The van der Waals surface area contributed by atoms with E-state index in [9.17, 15) is 12.8 Å². The average molecular weight is 302 g/mol. The summed E-state index contributed by atoms with van der Waals surface area (Å²) < 4.78 is 39.8. The van der Waals surface area contributed by atoms with Gasteiger partial charge in [-0.05, 0) is 30.9 Å². The van der Waals surface area contributed by atoms with Crippen LogP contribution >= 0.6 is 12.2 Å². The van der Waals surface area contributed by atoms with Crippen molar-refractivity contribution in [1.29, 1.82) is 0 Å². The lowest BCUT2D eigenvalue weighted by Crippen LogP contribution is -2.31. The molecule has 1 aliphatic rings. The summed E-state index contributed by atoms with van der Waals surface area (Å²) in [6.45, 7) is 0.440. The summed E-state index contributed by atoms with van der Waals surface area (Å²) in [6, 6.07) is 3.82. The van der Waals surface area contributed by atoms with Gasteiger partial charge in [-0.1, -0.05) is 18.3 Å². The quantitative estimate of drug-likeness (QED) is 0.837. The van der Waals surface area contributed by atoms with Crippen LogP contribution in [0.4, 0.5) is 4.39 Å². The third kappa shape index (κ3) is 2.93. The predicted molar refractivity (Wildman–Crippen MR) is 74.8 cm³/mol. The van der Waals surface area contributed by atoms with Crippen molar-refractivity contribution in [2.45, 2.75) is 17.7 Å². The molecule has 0 spiro atoms. The molecule has 1 fully saturated rings. The van der Waals surface area contributed by atoms with Crippen molar-refractivity contribution in [1.82, 2.24) is 4.31 Å². The lowest BCUT2D eigenvalue weighted by Gasteiger charge is -2.19. The van der Waals surface area contributed by atoms with Gasteiger partial charge in [0.15, 0.2) is 0 Å². The van der Waals surface area contributed by atoms with E-state index in [1.165, 1.54) is 23.5 Å². The van der Waals surface area contributed by atoms with Crippen LogP contribution in [0.1, 0.15) is 18.4 Å². The first-order valence-electron chi connectivity index (χ1n) is 5.88. The third-order valence-electron chi connectivity index (χ3n) is 3.12. The summed E-state index contributed by atoms with van der Waals surface area (Å²) in [5.74, 6) is -0.310. The number of nitrogens with zero attached hydrogens (tertiary/aromatic N) is 1. The lowest BCUT2D eigenvalue weighted by atomic mass is 10.2. The van der Waals surface area contributed by atoms with Crippen LogP contribution in [0.25, 0.3) is 0 Å². The Balaban J connectivity index is 2.44. The van der Waals surface area contributed by atoms with Crippen molar-refractivity contribution in [3.63, 3.8) is 0 Å². The van der Waals surface area contributed by atoms with E-state index in [1.54, 1.807) is 0 Å².